The molecular weight excluding hydrogens is 354 g/mol. The topological polar surface area (TPSA) is 88.6 Å². The van der Waals surface area contributed by atoms with Gasteiger partial charge in [-0.15, -0.1) is 11.3 Å². The van der Waals surface area contributed by atoms with Gasteiger partial charge in [-0.2, -0.15) is 0 Å². The molecule has 1 N–H and O–H groups in total. The van der Waals surface area contributed by atoms with Crippen LogP contribution in [0, 0.1) is 6.92 Å². The summed E-state index contributed by atoms with van der Waals surface area (Å²) >= 11 is 1.33. The number of amides is 3. The van der Waals surface area contributed by atoms with Gasteiger partial charge in [-0.3, -0.25) is 24.6 Å². The quantitative estimate of drug-likeness (QED) is 0.834. The van der Waals surface area contributed by atoms with E-state index in [1.807, 2.05) is 12.3 Å². The normalized spacial score (nSPS) is 19.1. The minimum absolute atomic E-state index is 0.104. The monoisotopic (exact) mass is 371 g/mol. The van der Waals surface area contributed by atoms with Crippen LogP contribution in [0.15, 0.2) is 23.6 Å². The molecule has 134 valence electrons. The van der Waals surface area contributed by atoms with E-state index in [-0.39, 0.29) is 35.9 Å². The third kappa shape index (κ3) is 3.02. The van der Waals surface area contributed by atoms with E-state index in [4.69, 9.17) is 4.74 Å². The molecule has 26 heavy (non-hydrogen) atoms. The molecule has 7 nitrogen and oxygen atoms in total. The van der Waals surface area contributed by atoms with Gasteiger partial charge in [0.1, 0.15) is 0 Å². The molecule has 1 unspecified atom stereocenters. The molecule has 2 aliphatic rings. The number of fused-ring (bicyclic) bond motifs is 1. The highest BCUT2D eigenvalue weighted by Crippen LogP contribution is 2.26. The predicted octanol–water partition coefficient (Wildman–Crippen LogP) is 2.48. The highest BCUT2D eigenvalue weighted by molar-refractivity contribution is 7.13. The third-order valence-corrected chi connectivity index (χ3v) is 5.36. The Labute approximate surface area is 154 Å². The fraction of sp³-hybridized carbons (Fsp3) is 0.333. The minimum Gasteiger partial charge on any atom is -0.376 e. The molecule has 1 saturated heterocycles. The van der Waals surface area contributed by atoms with Crippen LogP contribution >= 0.6 is 11.3 Å². The molecule has 8 heteroatoms. The van der Waals surface area contributed by atoms with Gasteiger partial charge in [-0.05, 0) is 38.0 Å². The number of anilines is 1. The Morgan fingerprint density at radius 1 is 1.35 bits per heavy atom. The third-order valence-electron chi connectivity index (χ3n) is 4.48. The van der Waals surface area contributed by atoms with Crippen LogP contribution in [0.2, 0.25) is 0 Å². The van der Waals surface area contributed by atoms with Gasteiger partial charge in [0.15, 0.2) is 5.13 Å². The standard InChI is InChI=1S/C18H17N3O4S/c1-10-9-26-18(19-10)20-15(22)11-4-5-13-14(7-11)17(24)21(16(13)23)8-12-3-2-6-25-12/h4-5,7,9,12H,2-3,6,8H2,1H3,(H,19,20,22). The van der Waals surface area contributed by atoms with Gasteiger partial charge in [0.05, 0.1) is 29.5 Å². The molecule has 0 bridgehead atoms. The van der Waals surface area contributed by atoms with Crippen LogP contribution in [0.5, 0.6) is 0 Å². The Bertz CT molecular complexity index is 902. The van der Waals surface area contributed by atoms with Gasteiger partial charge in [0.2, 0.25) is 0 Å². The van der Waals surface area contributed by atoms with Crippen molar-refractivity contribution >= 4 is 34.2 Å². The largest absolute Gasteiger partial charge is 0.376 e. The molecule has 1 aromatic heterocycles. The second-order valence-corrected chi connectivity index (χ2v) is 7.22. The van der Waals surface area contributed by atoms with Gasteiger partial charge in [-0.25, -0.2) is 4.98 Å². The Hall–Kier alpha value is -2.58. The van der Waals surface area contributed by atoms with E-state index < -0.39 is 0 Å². The maximum atomic E-state index is 12.6. The van der Waals surface area contributed by atoms with Crippen LogP contribution in [-0.4, -0.2) is 46.9 Å². The Balaban J connectivity index is 1.54. The zero-order chi connectivity index (χ0) is 18.3. The lowest BCUT2D eigenvalue weighted by molar-refractivity contribution is 0.0475. The second kappa shape index (κ2) is 6.62. The van der Waals surface area contributed by atoms with Gasteiger partial charge >= 0.3 is 0 Å². The number of ether oxygens (including phenoxy) is 1. The molecule has 1 aromatic carbocycles. The molecule has 1 fully saturated rings. The summed E-state index contributed by atoms with van der Waals surface area (Å²) in [5.74, 6) is -1.07. The van der Waals surface area contributed by atoms with E-state index in [2.05, 4.69) is 10.3 Å². The van der Waals surface area contributed by atoms with Gasteiger partial charge in [0, 0.05) is 17.6 Å². The molecule has 4 rings (SSSR count). The summed E-state index contributed by atoms with van der Waals surface area (Å²) in [5.41, 5.74) is 1.73. The van der Waals surface area contributed by atoms with Crippen LogP contribution in [0.1, 0.15) is 49.6 Å². The van der Waals surface area contributed by atoms with Crippen LogP contribution in [-0.2, 0) is 4.74 Å². The molecule has 1 atom stereocenters. The zero-order valence-electron chi connectivity index (χ0n) is 14.2. The number of benzene rings is 1. The molecule has 0 radical (unpaired) electrons. The first-order valence-electron chi connectivity index (χ1n) is 8.38. The van der Waals surface area contributed by atoms with Crippen LogP contribution in [0.25, 0.3) is 0 Å². The molecule has 0 aliphatic carbocycles. The van der Waals surface area contributed by atoms with Crippen molar-refractivity contribution in [2.24, 2.45) is 0 Å². The summed E-state index contributed by atoms with van der Waals surface area (Å²) in [6.07, 6.45) is 1.68. The number of imide groups is 1. The maximum absolute atomic E-state index is 12.6. The molecule has 0 spiro atoms. The average Bonchev–Trinajstić information content (AvgIpc) is 3.33. The summed E-state index contributed by atoms with van der Waals surface area (Å²) < 4.78 is 5.52. The molecule has 0 saturated carbocycles. The van der Waals surface area contributed by atoms with E-state index in [0.717, 1.165) is 18.5 Å². The second-order valence-electron chi connectivity index (χ2n) is 6.36. The van der Waals surface area contributed by atoms with Crippen LogP contribution < -0.4 is 5.32 Å². The van der Waals surface area contributed by atoms with Gasteiger partial charge in [0.25, 0.3) is 17.7 Å². The van der Waals surface area contributed by atoms with E-state index >= 15 is 0 Å². The van der Waals surface area contributed by atoms with Crippen LogP contribution in [0.3, 0.4) is 0 Å². The van der Waals surface area contributed by atoms with Crippen LogP contribution in [0.4, 0.5) is 5.13 Å². The van der Waals surface area contributed by atoms with Crippen molar-refractivity contribution in [3.05, 3.63) is 46.0 Å². The minimum atomic E-state index is -0.375. The van der Waals surface area contributed by atoms with Gasteiger partial charge in [-0.1, -0.05) is 0 Å². The SMILES string of the molecule is Cc1csc(NC(=O)c2ccc3c(c2)C(=O)N(CC2CCCO2)C3=O)n1. The van der Waals surface area contributed by atoms with E-state index in [1.54, 1.807) is 6.07 Å². The number of thiazole rings is 1. The summed E-state index contributed by atoms with van der Waals surface area (Å²) in [6, 6.07) is 4.56. The van der Waals surface area contributed by atoms with E-state index in [9.17, 15) is 14.4 Å². The number of hydrogen-bond acceptors (Lipinski definition) is 6. The number of carbonyl (C=O) groups is 3. The van der Waals surface area contributed by atoms with Crippen molar-refractivity contribution < 1.29 is 19.1 Å². The fourth-order valence-electron chi connectivity index (χ4n) is 3.17. The summed E-state index contributed by atoms with van der Waals surface area (Å²) in [6.45, 7) is 2.76. The van der Waals surface area contributed by atoms with E-state index in [0.29, 0.717) is 22.9 Å². The Morgan fingerprint density at radius 2 is 2.15 bits per heavy atom. The molecule has 3 amide bonds. The van der Waals surface area contributed by atoms with Crippen molar-refractivity contribution in [3.63, 3.8) is 0 Å². The Morgan fingerprint density at radius 3 is 2.85 bits per heavy atom. The number of nitrogens with one attached hydrogen (secondary N) is 1. The van der Waals surface area contributed by atoms with Crippen molar-refractivity contribution in [1.29, 1.82) is 0 Å². The zero-order valence-corrected chi connectivity index (χ0v) is 15.0. The smallest absolute Gasteiger partial charge is 0.261 e. The first-order chi connectivity index (χ1) is 12.5. The summed E-state index contributed by atoms with van der Waals surface area (Å²) in [7, 11) is 0. The number of nitrogens with zero attached hydrogens (tertiary/aromatic N) is 2. The number of aryl methyl sites for hydroxylation is 1. The van der Waals surface area contributed by atoms with Crippen molar-refractivity contribution in [1.82, 2.24) is 9.88 Å². The number of aromatic nitrogens is 1. The highest BCUT2D eigenvalue weighted by Gasteiger charge is 2.37. The molecule has 2 aromatic rings. The fourth-order valence-corrected chi connectivity index (χ4v) is 3.85. The van der Waals surface area contributed by atoms with Gasteiger partial charge < -0.3 is 4.74 Å². The lowest BCUT2D eigenvalue weighted by atomic mass is 10.1. The molecule has 2 aliphatic heterocycles. The summed E-state index contributed by atoms with van der Waals surface area (Å²) in [5, 5.41) is 5.04. The lowest BCUT2D eigenvalue weighted by Gasteiger charge is -2.17. The molecular formula is C18H17N3O4S. The lowest BCUT2D eigenvalue weighted by Crippen LogP contribution is -2.36. The van der Waals surface area contributed by atoms with Crippen molar-refractivity contribution in [2.75, 3.05) is 18.5 Å². The number of carbonyl (C=O) groups excluding carboxylic acids is 3. The first kappa shape index (κ1) is 16.9. The number of hydrogen-bond donors (Lipinski definition) is 1. The van der Waals surface area contributed by atoms with Crippen molar-refractivity contribution in [3.8, 4) is 0 Å². The average molecular weight is 371 g/mol. The maximum Gasteiger partial charge on any atom is 0.261 e. The Kier molecular flexibility index (Phi) is 4.29. The predicted molar refractivity (Wildman–Crippen MR) is 95.6 cm³/mol. The van der Waals surface area contributed by atoms with E-state index in [1.165, 1.54) is 28.4 Å². The number of rotatable bonds is 4. The first-order valence-corrected chi connectivity index (χ1v) is 9.26. The molecule has 3 heterocycles. The summed E-state index contributed by atoms with van der Waals surface area (Å²) in [4.78, 5) is 43.0. The van der Waals surface area contributed by atoms with Crippen molar-refractivity contribution in [2.45, 2.75) is 25.9 Å². The highest BCUT2D eigenvalue weighted by atomic mass is 32.1.